The summed E-state index contributed by atoms with van der Waals surface area (Å²) in [5.74, 6) is 0. The number of hydrogen-bond donors (Lipinski definition) is 0. The Morgan fingerprint density at radius 2 is 1.55 bits per heavy atom. The van der Waals surface area contributed by atoms with Gasteiger partial charge in [0.2, 0.25) is 0 Å². The highest BCUT2D eigenvalue weighted by molar-refractivity contribution is 6.87. The fourth-order valence-corrected chi connectivity index (χ4v) is 6.02. The van der Waals surface area contributed by atoms with Crippen LogP contribution in [0.15, 0.2) is 0 Å². The Balaban J connectivity index is 4.43. The highest BCUT2D eigenvalue weighted by Gasteiger charge is 2.40. The molecule has 0 aromatic carbocycles. The topological polar surface area (TPSA) is 0 Å². The molecule has 0 bridgehead atoms. The van der Waals surface area contributed by atoms with Crippen LogP contribution in [-0.4, -0.2) is 11.9 Å². The van der Waals surface area contributed by atoms with Crippen molar-refractivity contribution < 1.29 is 0 Å². The maximum Gasteiger partial charge on any atom is 0.194 e. The minimum absolute atomic E-state index is 0.867. The van der Waals surface area contributed by atoms with E-state index in [9.17, 15) is 0 Å². The Labute approximate surface area is 85.2 Å². The van der Waals surface area contributed by atoms with Crippen molar-refractivity contribution in [2.24, 2.45) is 0 Å². The zero-order valence-corrected chi connectivity index (χ0v) is 10.6. The summed E-state index contributed by atoms with van der Waals surface area (Å²) in [6.45, 7) is 8.60. The fraction of sp³-hybridized carbons (Fsp3) is 0.857. The molecule has 0 atom stereocenters. The molecule has 0 saturated heterocycles. The van der Waals surface area contributed by atoms with Gasteiger partial charge in [-0.05, 0) is 6.42 Å². The van der Waals surface area contributed by atoms with Crippen molar-refractivity contribution in [2.75, 3.05) is 0 Å². The van der Waals surface area contributed by atoms with Gasteiger partial charge in [-0.3, -0.25) is 0 Å². The molecular weight excluding hydrogens is 219 g/mol. The number of hydrogen-bond acceptors (Lipinski definition) is 0. The van der Waals surface area contributed by atoms with Crippen molar-refractivity contribution in [3.8, 4) is 0 Å². The first-order chi connectivity index (χ1) is 4.69. The predicted octanol–water partition coefficient (Wildman–Crippen LogP) is 4.22. The molecule has 0 amide bonds. The summed E-state index contributed by atoms with van der Waals surface area (Å²) in [6.07, 6.45) is 0.867. The number of halogens is 3. The molecule has 0 nitrogen and oxygen atoms in total. The van der Waals surface area contributed by atoms with E-state index < -0.39 is 11.9 Å². The Morgan fingerprint density at radius 1 is 1.18 bits per heavy atom. The van der Waals surface area contributed by atoms with Crippen LogP contribution < -0.4 is 0 Å². The second-order valence-electron chi connectivity index (χ2n) is 3.58. The molecule has 1 radical (unpaired) electrons. The van der Waals surface area contributed by atoms with Crippen molar-refractivity contribution in [3.05, 3.63) is 5.54 Å². The van der Waals surface area contributed by atoms with Crippen LogP contribution in [0.4, 0.5) is 0 Å². The van der Waals surface area contributed by atoms with E-state index in [2.05, 4.69) is 19.6 Å². The molecule has 11 heavy (non-hydrogen) atoms. The van der Waals surface area contributed by atoms with Crippen LogP contribution in [0.1, 0.15) is 13.3 Å². The summed E-state index contributed by atoms with van der Waals surface area (Å²) in [7, 11) is -1.40. The van der Waals surface area contributed by atoms with E-state index in [1.807, 2.05) is 6.92 Å². The highest BCUT2D eigenvalue weighted by Crippen LogP contribution is 2.43. The van der Waals surface area contributed by atoms with Gasteiger partial charge in [0, 0.05) is 5.54 Å². The first-order valence-corrected chi connectivity index (χ1v) is 8.26. The molecule has 0 heterocycles. The zero-order chi connectivity index (χ0) is 9.28. The highest BCUT2D eigenvalue weighted by atomic mass is 35.6. The normalized spacial score (nSPS) is 14.2. The SMILES string of the molecule is CC[C](C(Cl)(Cl)Cl)[Si](C)(C)C. The second-order valence-corrected chi connectivity index (χ2v) is 11.0. The molecule has 0 spiro atoms. The van der Waals surface area contributed by atoms with Crippen LogP contribution in [0.5, 0.6) is 0 Å². The quantitative estimate of drug-likeness (QED) is 0.494. The van der Waals surface area contributed by atoms with Gasteiger partial charge in [0.15, 0.2) is 3.79 Å². The largest absolute Gasteiger partial charge is 0.194 e. The van der Waals surface area contributed by atoms with Gasteiger partial charge in [-0.1, -0.05) is 61.4 Å². The molecule has 0 fully saturated rings. The molecule has 0 rings (SSSR count). The van der Waals surface area contributed by atoms with E-state index in [0.717, 1.165) is 12.0 Å². The van der Waals surface area contributed by atoms with Crippen LogP contribution in [-0.2, 0) is 0 Å². The molecule has 0 aliphatic rings. The van der Waals surface area contributed by atoms with Crippen LogP contribution in [0, 0.1) is 5.54 Å². The standard InChI is InChI=1S/C7H14Cl3Si/c1-5-6(7(8,9)10)11(2,3)4/h5H2,1-4H3. The molecule has 0 aliphatic heterocycles. The Hall–Kier alpha value is 1.09. The monoisotopic (exact) mass is 231 g/mol. The summed E-state index contributed by atoms with van der Waals surface area (Å²) in [6, 6.07) is 0. The molecule has 0 N–H and O–H groups in total. The van der Waals surface area contributed by atoms with Gasteiger partial charge in [0.25, 0.3) is 0 Å². The van der Waals surface area contributed by atoms with Gasteiger partial charge in [-0.15, -0.1) is 0 Å². The number of alkyl halides is 3. The van der Waals surface area contributed by atoms with Crippen molar-refractivity contribution in [1.29, 1.82) is 0 Å². The lowest BCUT2D eigenvalue weighted by atomic mass is 10.4. The molecule has 0 aliphatic carbocycles. The minimum atomic E-state index is -1.40. The average Bonchev–Trinajstić information content (AvgIpc) is 1.56. The van der Waals surface area contributed by atoms with Gasteiger partial charge in [-0.25, -0.2) is 0 Å². The van der Waals surface area contributed by atoms with Crippen LogP contribution in [0.2, 0.25) is 19.6 Å². The van der Waals surface area contributed by atoms with Gasteiger partial charge < -0.3 is 0 Å². The van der Waals surface area contributed by atoms with Crippen LogP contribution in [0.3, 0.4) is 0 Å². The lowest BCUT2D eigenvalue weighted by Crippen LogP contribution is -2.39. The maximum atomic E-state index is 5.81. The van der Waals surface area contributed by atoms with E-state index in [4.69, 9.17) is 34.8 Å². The van der Waals surface area contributed by atoms with E-state index >= 15 is 0 Å². The van der Waals surface area contributed by atoms with Gasteiger partial charge in [0.05, 0.1) is 8.07 Å². The molecule has 0 unspecified atom stereocenters. The minimum Gasteiger partial charge on any atom is -0.0834 e. The van der Waals surface area contributed by atoms with Crippen LogP contribution in [0.25, 0.3) is 0 Å². The van der Waals surface area contributed by atoms with Crippen molar-refractivity contribution in [2.45, 2.75) is 36.8 Å². The smallest absolute Gasteiger partial charge is 0.0834 e. The van der Waals surface area contributed by atoms with Gasteiger partial charge >= 0.3 is 0 Å². The van der Waals surface area contributed by atoms with Crippen LogP contribution >= 0.6 is 34.8 Å². The van der Waals surface area contributed by atoms with E-state index in [0.29, 0.717) is 0 Å². The first kappa shape index (κ1) is 12.1. The summed E-state index contributed by atoms with van der Waals surface area (Å²) in [4.78, 5) is 0. The predicted molar refractivity (Wildman–Crippen MR) is 57.2 cm³/mol. The average molecular weight is 233 g/mol. The Kier molecular flexibility index (Phi) is 4.25. The number of rotatable bonds is 2. The molecule has 4 heteroatoms. The lowest BCUT2D eigenvalue weighted by Gasteiger charge is -2.32. The third-order valence-corrected chi connectivity index (χ3v) is 5.30. The zero-order valence-electron chi connectivity index (χ0n) is 7.34. The van der Waals surface area contributed by atoms with E-state index in [1.54, 1.807) is 0 Å². The van der Waals surface area contributed by atoms with Crippen molar-refractivity contribution in [1.82, 2.24) is 0 Å². The van der Waals surface area contributed by atoms with Crippen molar-refractivity contribution in [3.63, 3.8) is 0 Å². The summed E-state index contributed by atoms with van der Waals surface area (Å²) in [5, 5.41) is 0. The van der Waals surface area contributed by atoms with E-state index in [1.165, 1.54) is 0 Å². The van der Waals surface area contributed by atoms with E-state index in [-0.39, 0.29) is 0 Å². The first-order valence-electron chi connectivity index (χ1n) is 3.63. The second kappa shape index (κ2) is 3.86. The molecule has 0 saturated carbocycles. The summed E-state index contributed by atoms with van der Waals surface area (Å²) < 4.78 is -1.15. The van der Waals surface area contributed by atoms with Gasteiger partial charge in [0.1, 0.15) is 0 Å². The Morgan fingerprint density at radius 3 is 1.55 bits per heavy atom. The maximum absolute atomic E-state index is 5.81. The third kappa shape index (κ3) is 4.02. The Bertz CT molecular complexity index is 109. The molecular formula is C7H14Cl3Si. The fourth-order valence-electron chi connectivity index (χ4n) is 1.16. The molecule has 0 aromatic heterocycles. The summed E-state index contributed by atoms with van der Waals surface area (Å²) >= 11 is 17.4. The molecule has 0 aromatic rings. The van der Waals surface area contributed by atoms with Gasteiger partial charge in [-0.2, -0.15) is 0 Å². The molecule has 67 valence electrons. The lowest BCUT2D eigenvalue weighted by molar-refractivity contribution is 0.955. The summed E-state index contributed by atoms with van der Waals surface area (Å²) in [5.41, 5.74) is 1.09. The third-order valence-electron chi connectivity index (χ3n) is 1.60. The van der Waals surface area contributed by atoms with Crippen molar-refractivity contribution >= 4 is 42.9 Å².